The maximum atomic E-state index is 6.76. The van der Waals surface area contributed by atoms with Crippen molar-refractivity contribution in [3.8, 4) is 5.75 Å². The summed E-state index contributed by atoms with van der Waals surface area (Å²) < 4.78 is 5.39. The van der Waals surface area contributed by atoms with Crippen LogP contribution in [0.4, 0.5) is 0 Å². The van der Waals surface area contributed by atoms with Crippen molar-refractivity contribution in [1.82, 2.24) is 9.88 Å². The lowest BCUT2D eigenvalue weighted by molar-refractivity contribution is 0.00749. The number of rotatable bonds is 4. The first-order chi connectivity index (χ1) is 11.7. The number of hydrogen-bond acceptors (Lipinski definition) is 4. The van der Waals surface area contributed by atoms with Crippen LogP contribution >= 0.6 is 0 Å². The fourth-order valence-electron chi connectivity index (χ4n) is 4.52. The third-order valence-corrected chi connectivity index (χ3v) is 5.91. The van der Waals surface area contributed by atoms with Gasteiger partial charge in [-0.25, -0.2) is 0 Å². The van der Waals surface area contributed by atoms with E-state index in [1.165, 1.54) is 12.0 Å². The molecule has 4 unspecified atom stereocenters. The van der Waals surface area contributed by atoms with E-state index in [0.717, 1.165) is 42.1 Å². The summed E-state index contributed by atoms with van der Waals surface area (Å²) in [5.74, 6) is 2.20. The molecule has 3 fully saturated rings. The van der Waals surface area contributed by atoms with Gasteiger partial charge in [-0.15, -0.1) is 6.58 Å². The second-order valence-corrected chi connectivity index (χ2v) is 7.06. The summed E-state index contributed by atoms with van der Waals surface area (Å²) in [6.07, 6.45) is 6.43. The second kappa shape index (κ2) is 6.19. The molecule has 0 amide bonds. The molecule has 0 spiro atoms. The lowest BCUT2D eigenvalue weighted by Crippen LogP contribution is -2.56. The van der Waals surface area contributed by atoms with E-state index in [4.69, 9.17) is 10.5 Å². The number of nitrogens with zero attached hydrogens (tertiary/aromatic N) is 2. The summed E-state index contributed by atoms with van der Waals surface area (Å²) in [7, 11) is 1.69. The minimum Gasteiger partial charge on any atom is -0.497 e. The van der Waals surface area contributed by atoms with Crippen molar-refractivity contribution in [2.75, 3.05) is 20.2 Å². The Morgan fingerprint density at radius 1 is 1.42 bits per heavy atom. The molecule has 126 valence electrons. The molecular formula is C20H25N3O. The number of benzene rings is 1. The van der Waals surface area contributed by atoms with E-state index in [0.29, 0.717) is 12.0 Å². The van der Waals surface area contributed by atoms with E-state index in [2.05, 4.69) is 34.7 Å². The Kier molecular flexibility index (Phi) is 4.02. The zero-order valence-corrected chi connectivity index (χ0v) is 14.2. The molecule has 0 saturated carbocycles. The molecule has 5 rings (SSSR count). The molecule has 1 aromatic carbocycles. The van der Waals surface area contributed by atoms with Crippen LogP contribution in [0.5, 0.6) is 5.75 Å². The van der Waals surface area contributed by atoms with Gasteiger partial charge in [-0.3, -0.25) is 9.88 Å². The van der Waals surface area contributed by atoms with Gasteiger partial charge in [0.05, 0.1) is 12.6 Å². The lowest BCUT2D eigenvalue weighted by atomic mass is 9.73. The minimum atomic E-state index is -0.00354. The van der Waals surface area contributed by atoms with Crippen molar-refractivity contribution in [2.24, 2.45) is 17.6 Å². The van der Waals surface area contributed by atoms with Crippen molar-refractivity contribution in [2.45, 2.75) is 24.9 Å². The molecule has 4 heterocycles. The molecule has 5 atom stereocenters. The maximum Gasteiger partial charge on any atom is 0.119 e. The summed E-state index contributed by atoms with van der Waals surface area (Å²) >= 11 is 0. The molecule has 24 heavy (non-hydrogen) atoms. The fraction of sp³-hybridized carbons (Fsp3) is 0.450. The molecule has 3 aliphatic heterocycles. The standard InChI is InChI=1S/C20H25N3O/c1-3-13-12-23-9-7-14(13)10-19(23)20(21)16-6-8-22-18-5-4-15(24-2)11-17(16)18/h3-6,8,11,13-14,19-20H,1,7,9-10,12,21H2,2H3/t13?,14?,19-,20?/m1/s1. The van der Waals surface area contributed by atoms with Crippen molar-refractivity contribution >= 4 is 10.9 Å². The van der Waals surface area contributed by atoms with Gasteiger partial charge in [-0.05, 0) is 61.1 Å². The van der Waals surface area contributed by atoms with Gasteiger partial charge in [0, 0.05) is 30.2 Å². The van der Waals surface area contributed by atoms with Crippen molar-refractivity contribution in [3.05, 3.63) is 48.7 Å². The molecule has 2 N–H and O–H groups in total. The summed E-state index contributed by atoms with van der Waals surface area (Å²) in [6, 6.07) is 8.48. The average molecular weight is 323 g/mol. The van der Waals surface area contributed by atoms with Gasteiger partial charge in [-0.1, -0.05) is 6.08 Å². The number of aromatic nitrogens is 1. The van der Waals surface area contributed by atoms with E-state index >= 15 is 0 Å². The molecule has 2 bridgehead atoms. The number of nitrogens with two attached hydrogens (primary N) is 1. The van der Waals surface area contributed by atoms with Crippen molar-refractivity contribution < 1.29 is 4.74 Å². The number of hydrogen-bond donors (Lipinski definition) is 1. The normalized spacial score (nSPS) is 30.2. The molecule has 4 heteroatoms. The number of methoxy groups -OCH3 is 1. The van der Waals surface area contributed by atoms with E-state index < -0.39 is 0 Å². The van der Waals surface area contributed by atoms with E-state index in [-0.39, 0.29) is 6.04 Å². The summed E-state index contributed by atoms with van der Waals surface area (Å²) in [6.45, 7) is 6.26. The molecule has 1 aromatic heterocycles. The van der Waals surface area contributed by atoms with Crippen LogP contribution in [0, 0.1) is 11.8 Å². The van der Waals surface area contributed by atoms with Crippen LogP contribution in [-0.4, -0.2) is 36.1 Å². The van der Waals surface area contributed by atoms with E-state index in [1.54, 1.807) is 7.11 Å². The maximum absolute atomic E-state index is 6.76. The van der Waals surface area contributed by atoms with Gasteiger partial charge in [0.1, 0.15) is 5.75 Å². The highest BCUT2D eigenvalue weighted by Gasteiger charge is 2.41. The predicted octanol–water partition coefficient (Wildman–Crippen LogP) is 3.14. The zero-order chi connectivity index (χ0) is 16.7. The third-order valence-electron chi connectivity index (χ3n) is 5.91. The lowest BCUT2D eigenvalue weighted by Gasteiger charge is -2.51. The van der Waals surface area contributed by atoms with Gasteiger partial charge >= 0.3 is 0 Å². The highest BCUT2D eigenvalue weighted by atomic mass is 16.5. The monoisotopic (exact) mass is 323 g/mol. The van der Waals surface area contributed by atoms with Gasteiger partial charge in [0.2, 0.25) is 0 Å². The van der Waals surface area contributed by atoms with E-state index in [1.807, 2.05) is 18.3 Å². The van der Waals surface area contributed by atoms with Crippen LogP contribution in [0.25, 0.3) is 10.9 Å². The Balaban J connectivity index is 1.69. The summed E-state index contributed by atoms with van der Waals surface area (Å²) in [4.78, 5) is 7.04. The van der Waals surface area contributed by atoms with Gasteiger partial charge in [-0.2, -0.15) is 0 Å². The average Bonchev–Trinajstić information content (AvgIpc) is 2.66. The molecule has 0 aliphatic carbocycles. The molecule has 4 nitrogen and oxygen atoms in total. The van der Waals surface area contributed by atoms with Crippen LogP contribution in [0.1, 0.15) is 24.4 Å². The third kappa shape index (κ3) is 2.50. The highest BCUT2D eigenvalue weighted by Crippen LogP contribution is 2.41. The first-order valence-corrected chi connectivity index (χ1v) is 8.76. The Bertz CT molecular complexity index is 760. The van der Waals surface area contributed by atoms with Crippen LogP contribution < -0.4 is 10.5 Å². The molecule has 2 aromatic rings. The number of pyridine rings is 1. The Hall–Kier alpha value is -1.91. The van der Waals surface area contributed by atoms with Gasteiger partial charge in [0.15, 0.2) is 0 Å². The smallest absolute Gasteiger partial charge is 0.119 e. The highest BCUT2D eigenvalue weighted by molar-refractivity contribution is 5.84. The summed E-state index contributed by atoms with van der Waals surface area (Å²) in [5.41, 5.74) is 8.91. The van der Waals surface area contributed by atoms with Crippen LogP contribution in [0.15, 0.2) is 43.1 Å². The molecule has 0 radical (unpaired) electrons. The quantitative estimate of drug-likeness (QED) is 0.878. The predicted molar refractivity (Wildman–Crippen MR) is 97.0 cm³/mol. The largest absolute Gasteiger partial charge is 0.497 e. The number of piperidine rings is 3. The SMILES string of the molecule is C=CC1CN2CCC1C[C@@H]2C(N)c1ccnc2ccc(OC)cc12. The van der Waals surface area contributed by atoms with Crippen LogP contribution in [-0.2, 0) is 0 Å². The van der Waals surface area contributed by atoms with E-state index in [9.17, 15) is 0 Å². The van der Waals surface area contributed by atoms with Crippen molar-refractivity contribution in [1.29, 1.82) is 0 Å². The molecule has 3 saturated heterocycles. The minimum absolute atomic E-state index is 0.00354. The van der Waals surface area contributed by atoms with Crippen molar-refractivity contribution in [3.63, 3.8) is 0 Å². The Morgan fingerprint density at radius 3 is 3.00 bits per heavy atom. The zero-order valence-electron chi connectivity index (χ0n) is 14.2. The fourth-order valence-corrected chi connectivity index (χ4v) is 4.52. The number of fused-ring (bicyclic) bond motifs is 4. The number of ether oxygens (including phenoxy) is 1. The second-order valence-electron chi connectivity index (χ2n) is 7.06. The van der Waals surface area contributed by atoms with Crippen LogP contribution in [0.3, 0.4) is 0 Å². The molecular weight excluding hydrogens is 298 g/mol. The first kappa shape index (κ1) is 15.6. The Morgan fingerprint density at radius 2 is 2.29 bits per heavy atom. The first-order valence-electron chi connectivity index (χ1n) is 8.76. The van der Waals surface area contributed by atoms with Crippen LogP contribution in [0.2, 0.25) is 0 Å². The topological polar surface area (TPSA) is 51.4 Å². The summed E-state index contributed by atoms with van der Waals surface area (Å²) in [5, 5.41) is 1.10. The molecule has 3 aliphatic rings. The van der Waals surface area contributed by atoms with Gasteiger partial charge < -0.3 is 10.5 Å². The Labute approximate surface area is 143 Å². The van der Waals surface area contributed by atoms with Gasteiger partial charge in [0.25, 0.3) is 0 Å².